The molecule has 6 N–H and O–H groups in total. The number of nitrogens with one attached hydrogen (secondary N) is 4. The number of rotatable bonds is 13. The predicted octanol–water partition coefficient (Wildman–Crippen LogP) is 4.35. The van der Waals surface area contributed by atoms with E-state index >= 15 is 0 Å². The third-order valence-electron chi connectivity index (χ3n) is 6.04. The summed E-state index contributed by atoms with van der Waals surface area (Å²) in [5, 5.41) is 27.0. The van der Waals surface area contributed by atoms with Crippen molar-refractivity contribution in [1.29, 1.82) is 0 Å². The molecule has 0 saturated carbocycles. The second-order valence-corrected chi connectivity index (χ2v) is 9.47. The minimum Gasteiger partial charge on any atom is -0.495 e. The highest BCUT2D eigenvalue weighted by atomic mass is 19.4. The van der Waals surface area contributed by atoms with Gasteiger partial charge in [-0.15, -0.1) is 0 Å². The van der Waals surface area contributed by atoms with Crippen molar-refractivity contribution >= 4 is 35.5 Å². The van der Waals surface area contributed by atoms with E-state index in [1.54, 1.807) is 36.4 Å². The first kappa shape index (κ1) is 36.6. The standard InChI is InChI=1S/C29H32N4O6.C2HF3O2/c1-39-25-11-6-5-10-23(25)33-29(38)30-17-7-12-26(34)31-19-27(35)32-24(18-28(36)37)22-15-13-21(14-16-22)20-8-3-2-4-9-20;3-2(4,5)1(6)7/h2-6,8-11,13-16,24H,7,12,17-19H2,1H3,(H,31,34)(H,32,35)(H,36,37)(H2,30,33,38);(H,6,7). The second kappa shape index (κ2) is 18.3. The number of para-hydroxylation sites is 2. The van der Waals surface area contributed by atoms with Crippen molar-refractivity contribution in [3.05, 3.63) is 84.4 Å². The largest absolute Gasteiger partial charge is 0.495 e. The first-order valence-electron chi connectivity index (χ1n) is 13.7. The molecule has 246 valence electrons. The minimum absolute atomic E-state index is 0.0989. The van der Waals surface area contributed by atoms with Gasteiger partial charge in [0, 0.05) is 13.0 Å². The Hall–Kier alpha value is -5.60. The van der Waals surface area contributed by atoms with E-state index in [-0.39, 0.29) is 31.8 Å². The Morgan fingerprint density at radius 1 is 0.804 bits per heavy atom. The lowest BCUT2D eigenvalue weighted by Crippen LogP contribution is -2.39. The number of anilines is 1. The average Bonchev–Trinajstić information content (AvgIpc) is 3.02. The zero-order valence-electron chi connectivity index (χ0n) is 24.6. The molecule has 1 unspecified atom stereocenters. The van der Waals surface area contributed by atoms with Gasteiger partial charge in [-0.1, -0.05) is 66.7 Å². The van der Waals surface area contributed by atoms with Crippen LogP contribution in [-0.2, 0) is 19.2 Å². The molecule has 46 heavy (non-hydrogen) atoms. The van der Waals surface area contributed by atoms with Crippen LogP contribution in [0.5, 0.6) is 5.75 Å². The summed E-state index contributed by atoms with van der Waals surface area (Å²) >= 11 is 0. The van der Waals surface area contributed by atoms with Gasteiger partial charge in [-0.05, 0) is 35.2 Å². The van der Waals surface area contributed by atoms with Crippen molar-refractivity contribution in [2.24, 2.45) is 0 Å². The number of urea groups is 1. The quantitative estimate of drug-likeness (QED) is 0.148. The number of benzene rings is 3. The molecule has 0 saturated heterocycles. The van der Waals surface area contributed by atoms with Gasteiger partial charge in [0.2, 0.25) is 11.8 Å². The number of ether oxygens (including phenoxy) is 1. The molecule has 0 spiro atoms. The van der Waals surface area contributed by atoms with Crippen molar-refractivity contribution in [1.82, 2.24) is 16.0 Å². The summed E-state index contributed by atoms with van der Waals surface area (Å²) in [6.07, 6.45) is -4.92. The second-order valence-electron chi connectivity index (χ2n) is 9.47. The third-order valence-corrected chi connectivity index (χ3v) is 6.04. The molecule has 1 atom stereocenters. The summed E-state index contributed by atoms with van der Waals surface area (Å²) in [6, 6.07) is 22.9. The van der Waals surface area contributed by atoms with Gasteiger partial charge in [0.25, 0.3) is 0 Å². The number of carboxylic acids is 2. The van der Waals surface area contributed by atoms with Crippen LogP contribution in [0.25, 0.3) is 11.1 Å². The third kappa shape index (κ3) is 13.4. The molecule has 15 heteroatoms. The van der Waals surface area contributed by atoms with Gasteiger partial charge in [-0.3, -0.25) is 14.4 Å². The number of methoxy groups -OCH3 is 1. The van der Waals surface area contributed by atoms with Crippen molar-refractivity contribution in [3.63, 3.8) is 0 Å². The van der Waals surface area contributed by atoms with Gasteiger partial charge in [0.1, 0.15) is 5.75 Å². The van der Waals surface area contributed by atoms with Gasteiger partial charge in [-0.2, -0.15) is 13.2 Å². The Morgan fingerprint density at radius 3 is 1.98 bits per heavy atom. The smallest absolute Gasteiger partial charge is 0.490 e. The number of amides is 4. The van der Waals surface area contributed by atoms with Crippen LogP contribution in [0.2, 0.25) is 0 Å². The Labute approximate surface area is 262 Å². The minimum atomic E-state index is -5.08. The molecular formula is C31H33F3N4O8. The van der Waals surface area contributed by atoms with E-state index in [0.717, 1.165) is 11.1 Å². The SMILES string of the molecule is COc1ccccc1NC(=O)NCCCC(=O)NCC(=O)NC(CC(=O)O)c1ccc(-c2ccccc2)cc1.O=C(O)C(F)(F)F. The summed E-state index contributed by atoms with van der Waals surface area (Å²) < 4.78 is 36.9. The van der Waals surface area contributed by atoms with Gasteiger partial charge in [0.05, 0.1) is 31.8 Å². The Kier molecular flexibility index (Phi) is 14.5. The van der Waals surface area contributed by atoms with Gasteiger partial charge < -0.3 is 36.2 Å². The molecule has 0 bridgehead atoms. The number of carbonyl (C=O) groups is 5. The number of carbonyl (C=O) groups excluding carboxylic acids is 3. The van der Waals surface area contributed by atoms with E-state index in [9.17, 15) is 37.5 Å². The lowest BCUT2D eigenvalue weighted by atomic mass is 9.99. The summed E-state index contributed by atoms with van der Waals surface area (Å²) in [5.74, 6) is -4.15. The average molecular weight is 647 g/mol. The maximum absolute atomic E-state index is 12.5. The van der Waals surface area contributed by atoms with Crippen molar-refractivity contribution < 1.29 is 52.1 Å². The van der Waals surface area contributed by atoms with E-state index in [1.165, 1.54) is 7.11 Å². The number of hydrogen-bond donors (Lipinski definition) is 6. The Bertz CT molecular complexity index is 1470. The highest BCUT2D eigenvalue weighted by molar-refractivity contribution is 5.91. The summed E-state index contributed by atoms with van der Waals surface area (Å²) in [6.45, 7) is -0.0426. The van der Waals surface area contributed by atoms with Crippen molar-refractivity contribution in [3.8, 4) is 16.9 Å². The van der Waals surface area contributed by atoms with Gasteiger partial charge in [0.15, 0.2) is 0 Å². The number of carboxylic acid groups (broad SMARTS) is 2. The van der Waals surface area contributed by atoms with Crippen LogP contribution in [0.4, 0.5) is 23.7 Å². The molecule has 0 aliphatic heterocycles. The van der Waals surface area contributed by atoms with E-state index in [2.05, 4.69) is 21.3 Å². The molecule has 3 rings (SSSR count). The van der Waals surface area contributed by atoms with Gasteiger partial charge >= 0.3 is 24.1 Å². The monoisotopic (exact) mass is 646 g/mol. The lowest BCUT2D eigenvalue weighted by molar-refractivity contribution is -0.192. The molecule has 12 nitrogen and oxygen atoms in total. The van der Waals surface area contributed by atoms with Crippen LogP contribution in [-0.4, -0.2) is 66.4 Å². The van der Waals surface area contributed by atoms with E-state index in [1.807, 2.05) is 42.5 Å². The first-order chi connectivity index (χ1) is 21.8. The fraction of sp³-hybridized carbons (Fsp3) is 0.258. The highest BCUT2D eigenvalue weighted by Gasteiger charge is 2.38. The zero-order valence-corrected chi connectivity index (χ0v) is 24.6. The summed E-state index contributed by atoms with van der Waals surface area (Å²) in [4.78, 5) is 56.9. The Morgan fingerprint density at radius 2 is 1.39 bits per heavy atom. The van der Waals surface area contributed by atoms with Crippen LogP contribution >= 0.6 is 0 Å². The molecule has 0 aliphatic rings. The number of alkyl halides is 3. The number of aliphatic carboxylic acids is 2. The molecule has 0 radical (unpaired) electrons. The van der Waals surface area contributed by atoms with Crippen molar-refractivity contribution in [2.75, 3.05) is 25.5 Å². The fourth-order valence-corrected chi connectivity index (χ4v) is 3.84. The van der Waals surface area contributed by atoms with Gasteiger partial charge in [-0.25, -0.2) is 9.59 Å². The molecule has 3 aromatic rings. The summed E-state index contributed by atoms with van der Waals surface area (Å²) in [5.41, 5.74) is 3.17. The topological polar surface area (TPSA) is 183 Å². The maximum Gasteiger partial charge on any atom is 0.490 e. The molecule has 3 aromatic carbocycles. The fourth-order valence-electron chi connectivity index (χ4n) is 3.84. The zero-order chi connectivity index (χ0) is 34.1. The lowest BCUT2D eigenvalue weighted by Gasteiger charge is -2.18. The van der Waals surface area contributed by atoms with Crippen LogP contribution < -0.4 is 26.0 Å². The molecule has 0 aliphatic carbocycles. The molecule has 0 fully saturated rings. The Balaban J connectivity index is 0.000000942. The molecule has 0 aromatic heterocycles. The first-order valence-corrected chi connectivity index (χ1v) is 13.7. The molecule has 4 amide bonds. The number of halogens is 3. The highest BCUT2D eigenvalue weighted by Crippen LogP contribution is 2.24. The van der Waals surface area contributed by atoms with Crippen LogP contribution in [0.15, 0.2) is 78.9 Å². The van der Waals surface area contributed by atoms with Crippen molar-refractivity contribution in [2.45, 2.75) is 31.5 Å². The van der Waals surface area contributed by atoms with Crippen LogP contribution in [0, 0.1) is 0 Å². The number of hydrogen-bond acceptors (Lipinski definition) is 6. The van der Waals surface area contributed by atoms with Crippen LogP contribution in [0.3, 0.4) is 0 Å². The maximum atomic E-state index is 12.5. The van der Waals surface area contributed by atoms with E-state index in [4.69, 9.17) is 14.6 Å². The normalized spacial score (nSPS) is 11.1. The predicted molar refractivity (Wildman–Crippen MR) is 161 cm³/mol. The summed E-state index contributed by atoms with van der Waals surface area (Å²) in [7, 11) is 1.51. The molecule has 0 heterocycles. The van der Waals surface area contributed by atoms with E-state index < -0.39 is 36.1 Å². The van der Waals surface area contributed by atoms with Crippen LogP contribution in [0.1, 0.15) is 30.9 Å². The van der Waals surface area contributed by atoms with E-state index in [0.29, 0.717) is 23.4 Å². The molecular weight excluding hydrogens is 613 g/mol.